The molecule has 6 heteroatoms. The Balaban J connectivity index is 1.74. The van der Waals surface area contributed by atoms with E-state index in [0.29, 0.717) is 25.1 Å². The van der Waals surface area contributed by atoms with Crippen molar-refractivity contribution in [1.29, 1.82) is 5.26 Å². The number of hydrogen-bond acceptors (Lipinski definition) is 3. The maximum atomic E-state index is 12.7. The fourth-order valence-corrected chi connectivity index (χ4v) is 3.71. The summed E-state index contributed by atoms with van der Waals surface area (Å²) in [5, 5.41) is 12.0. The van der Waals surface area contributed by atoms with Crippen LogP contribution in [-0.4, -0.2) is 35.8 Å². The van der Waals surface area contributed by atoms with Crippen LogP contribution in [0.25, 0.3) is 0 Å². The number of benzene rings is 1. The van der Waals surface area contributed by atoms with Crippen molar-refractivity contribution in [2.24, 2.45) is 11.8 Å². The number of hydrogen-bond donors (Lipinski definition) is 1. The minimum absolute atomic E-state index is 0.00340. The highest BCUT2D eigenvalue weighted by Gasteiger charge is 2.40. The van der Waals surface area contributed by atoms with Crippen LogP contribution in [0.2, 0.25) is 0 Å². The van der Waals surface area contributed by atoms with Crippen LogP contribution in [0.4, 0.5) is 0 Å². The maximum absolute atomic E-state index is 12.7. The van der Waals surface area contributed by atoms with Gasteiger partial charge in [0.1, 0.15) is 5.92 Å². The first-order valence-corrected chi connectivity index (χ1v) is 8.13. The monoisotopic (exact) mass is 361 g/mol. The van der Waals surface area contributed by atoms with Gasteiger partial charge in [-0.05, 0) is 46.8 Å². The third kappa shape index (κ3) is 2.73. The highest BCUT2D eigenvalue weighted by Crippen LogP contribution is 2.29. The Morgan fingerprint density at radius 2 is 2.18 bits per heavy atom. The molecule has 3 unspecified atom stereocenters. The third-order valence-corrected chi connectivity index (χ3v) is 5.16. The van der Waals surface area contributed by atoms with Gasteiger partial charge in [-0.15, -0.1) is 0 Å². The van der Waals surface area contributed by atoms with Crippen molar-refractivity contribution < 1.29 is 9.59 Å². The summed E-state index contributed by atoms with van der Waals surface area (Å²) in [5.74, 6) is -0.618. The van der Waals surface area contributed by atoms with Crippen LogP contribution in [0.3, 0.4) is 0 Å². The second-order valence-electron chi connectivity index (χ2n) is 5.81. The summed E-state index contributed by atoms with van der Waals surface area (Å²) >= 11 is 3.41. The van der Waals surface area contributed by atoms with Crippen LogP contribution in [0.1, 0.15) is 23.2 Å². The van der Waals surface area contributed by atoms with Crippen molar-refractivity contribution >= 4 is 27.7 Å². The average molecular weight is 362 g/mol. The van der Waals surface area contributed by atoms with E-state index in [4.69, 9.17) is 5.26 Å². The van der Waals surface area contributed by atoms with Crippen molar-refractivity contribution in [2.45, 2.75) is 18.9 Å². The molecule has 3 atom stereocenters. The Kier molecular flexibility index (Phi) is 4.16. The van der Waals surface area contributed by atoms with E-state index < -0.39 is 5.92 Å². The van der Waals surface area contributed by atoms with E-state index in [1.807, 2.05) is 29.2 Å². The molecule has 2 amide bonds. The molecule has 0 aliphatic carbocycles. The van der Waals surface area contributed by atoms with Crippen LogP contribution >= 0.6 is 15.9 Å². The summed E-state index contributed by atoms with van der Waals surface area (Å²) in [6.45, 7) is 1.21. The van der Waals surface area contributed by atoms with Crippen LogP contribution < -0.4 is 5.32 Å². The Labute approximate surface area is 137 Å². The Morgan fingerprint density at radius 3 is 2.91 bits per heavy atom. The normalized spacial score (nSPS) is 27.5. The lowest BCUT2D eigenvalue weighted by Gasteiger charge is -2.42. The number of likely N-dealkylation sites (tertiary alicyclic amines) is 1. The van der Waals surface area contributed by atoms with Gasteiger partial charge in [0, 0.05) is 23.6 Å². The number of rotatable bonds is 1. The number of amides is 2. The second-order valence-corrected chi connectivity index (χ2v) is 6.67. The van der Waals surface area contributed by atoms with Crippen molar-refractivity contribution in [3.05, 3.63) is 34.3 Å². The summed E-state index contributed by atoms with van der Waals surface area (Å²) < 4.78 is 0.786. The van der Waals surface area contributed by atoms with Crippen LogP contribution in [0, 0.1) is 23.2 Å². The van der Waals surface area contributed by atoms with E-state index in [2.05, 4.69) is 21.2 Å². The number of fused-ring (bicyclic) bond motifs is 1. The number of nitriles is 1. The summed E-state index contributed by atoms with van der Waals surface area (Å²) in [6.07, 6.45) is 1.28. The SMILES string of the molecule is N#CC1CC2CN(C(=O)c3ccccc3Br)CCC2NC1=O. The molecule has 0 aromatic heterocycles. The lowest BCUT2D eigenvalue weighted by molar-refractivity contribution is -0.128. The van der Waals surface area contributed by atoms with Gasteiger partial charge in [-0.25, -0.2) is 0 Å². The van der Waals surface area contributed by atoms with Gasteiger partial charge in [0.15, 0.2) is 0 Å². The molecular formula is C16H16BrN3O2. The van der Waals surface area contributed by atoms with Crippen LogP contribution in [0.5, 0.6) is 0 Å². The highest BCUT2D eigenvalue weighted by molar-refractivity contribution is 9.10. The quantitative estimate of drug-likeness (QED) is 0.830. The van der Waals surface area contributed by atoms with Gasteiger partial charge in [0.05, 0.1) is 11.6 Å². The fraction of sp³-hybridized carbons (Fsp3) is 0.438. The van der Waals surface area contributed by atoms with Crippen molar-refractivity contribution in [1.82, 2.24) is 10.2 Å². The van der Waals surface area contributed by atoms with Gasteiger partial charge in [-0.2, -0.15) is 5.26 Å². The molecule has 0 spiro atoms. The Morgan fingerprint density at radius 1 is 1.41 bits per heavy atom. The lowest BCUT2D eigenvalue weighted by Crippen LogP contribution is -2.57. The van der Waals surface area contributed by atoms with E-state index >= 15 is 0 Å². The zero-order chi connectivity index (χ0) is 15.7. The first-order valence-electron chi connectivity index (χ1n) is 7.34. The van der Waals surface area contributed by atoms with Gasteiger partial charge >= 0.3 is 0 Å². The highest BCUT2D eigenvalue weighted by atomic mass is 79.9. The number of carbonyl (C=O) groups is 2. The van der Waals surface area contributed by atoms with Gasteiger partial charge in [-0.3, -0.25) is 9.59 Å². The number of piperidine rings is 2. The zero-order valence-electron chi connectivity index (χ0n) is 12.0. The van der Waals surface area contributed by atoms with E-state index in [1.54, 1.807) is 6.07 Å². The molecule has 3 rings (SSSR count). The average Bonchev–Trinajstić information content (AvgIpc) is 2.53. The summed E-state index contributed by atoms with van der Waals surface area (Å²) in [5.41, 5.74) is 0.651. The van der Waals surface area contributed by atoms with Crippen molar-refractivity contribution in [3.8, 4) is 6.07 Å². The largest absolute Gasteiger partial charge is 0.352 e. The molecule has 114 valence electrons. The molecule has 2 aliphatic rings. The molecule has 0 bridgehead atoms. The topological polar surface area (TPSA) is 73.2 Å². The molecule has 2 fully saturated rings. The first kappa shape index (κ1) is 15.0. The zero-order valence-corrected chi connectivity index (χ0v) is 13.5. The minimum atomic E-state index is -0.597. The predicted octanol–water partition coefficient (Wildman–Crippen LogP) is 1.94. The van der Waals surface area contributed by atoms with E-state index in [-0.39, 0.29) is 23.8 Å². The molecule has 2 heterocycles. The summed E-state index contributed by atoms with van der Waals surface area (Å²) in [4.78, 5) is 26.2. The van der Waals surface area contributed by atoms with E-state index in [9.17, 15) is 9.59 Å². The van der Waals surface area contributed by atoms with Crippen molar-refractivity contribution in [2.75, 3.05) is 13.1 Å². The molecule has 1 aromatic rings. The van der Waals surface area contributed by atoms with E-state index in [1.165, 1.54) is 0 Å². The van der Waals surface area contributed by atoms with Crippen molar-refractivity contribution in [3.63, 3.8) is 0 Å². The Hall–Kier alpha value is -1.87. The molecule has 1 N–H and O–H groups in total. The van der Waals surface area contributed by atoms with Gasteiger partial charge in [-0.1, -0.05) is 12.1 Å². The van der Waals surface area contributed by atoms with Crippen LogP contribution in [-0.2, 0) is 4.79 Å². The molecule has 2 saturated heterocycles. The smallest absolute Gasteiger partial charge is 0.255 e. The van der Waals surface area contributed by atoms with Gasteiger partial charge < -0.3 is 10.2 Å². The molecule has 0 radical (unpaired) electrons. The molecule has 2 aliphatic heterocycles. The van der Waals surface area contributed by atoms with Crippen LogP contribution in [0.15, 0.2) is 28.7 Å². The second kappa shape index (κ2) is 6.09. The number of nitrogens with one attached hydrogen (secondary N) is 1. The van der Waals surface area contributed by atoms with Gasteiger partial charge in [0.25, 0.3) is 5.91 Å². The molecule has 5 nitrogen and oxygen atoms in total. The molecule has 1 aromatic carbocycles. The number of halogens is 1. The third-order valence-electron chi connectivity index (χ3n) is 4.46. The fourth-order valence-electron chi connectivity index (χ4n) is 3.25. The molecule has 0 saturated carbocycles. The molecular weight excluding hydrogens is 346 g/mol. The lowest BCUT2D eigenvalue weighted by atomic mass is 9.80. The maximum Gasteiger partial charge on any atom is 0.255 e. The summed E-state index contributed by atoms with van der Waals surface area (Å²) in [7, 11) is 0. The molecule has 22 heavy (non-hydrogen) atoms. The van der Waals surface area contributed by atoms with E-state index in [0.717, 1.165) is 10.9 Å². The number of nitrogens with zero attached hydrogens (tertiary/aromatic N) is 2. The van der Waals surface area contributed by atoms with Gasteiger partial charge in [0.2, 0.25) is 5.91 Å². The summed E-state index contributed by atoms with van der Waals surface area (Å²) in [6, 6.07) is 9.51. The standard InChI is InChI=1S/C16H16BrN3O2/c17-13-4-2-1-3-12(13)16(22)20-6-5-14-11(9-20)7-10(8-18)15(21)19-14/h1-4,10-11,14H,5-7,9H2,(H,19,21). The number of carbonyl (C=O) groups excluding carboxylic acids is 2. The first-order chi connectivity index (χ1) is 10.6. The Bertz CT molecular complexity index is 655. The minimum Gasteiger partial charge on any atom is -0.352 e. The predicted molar refractivity (Wildman–Crippen MR) is 83.8 cm³/mol.